The van der Waals surface area contributed by atoms with Crippen LogP contribution in [-0.4, -0.2) is 19.8 Å². The van der Waals surface area contributed by atoms with Crippen LogP contribution in [0.5, 0.6) is 5.75 Å². The Morgan fingerprint density at radius 1 is 1.00 bits per heavy atom. The van der Waals surface area contributed by atoms with Gasteiger partial charge in [0.15, 0.2) is 0 Å². The summed E-state index contributed by atoms with van der Waals surface area (Å²) in [5, 5.41) is 10.5. The van der Waals surface area contributed by atoms with Crippen molar-refractivity contribution in [1.82, 2.24) is 0 Å². The lowest BCUT2D eigenvalue weighted by Gasteiger charge is -2.12. The number of ether oxygens (including phenoxy) is 2. The quantitative estimate of drug-likeness (QED) is 0.409. The average Bonchev–Trinajstić information content (AvgIpc) is 3.30. The van der Waals surface area contributed by atoms with E-state index in [4.69, 9.17) is 13.9 Å². The lowest BCUT2D eigenvalue weighted by Crippen LogP contribution is -2.14. The summed E-state index contributed by atoms with van der Waals surface area (Å²) in [4.78, 5) is 12.7. The SMILES string of the molecule is O=c1c(O)c(C2=COC(Cc3ccccc3)O2)oc2ccc(NS(=O)(=O)c3ccc(F)cc3)cc12. The summed E-state index contributed by atoms with van der Waals surface area (Å²) >= 11 is 0. The van der Waals surface area contributed by atoms with Gasteiger partial charge in [0.1, 0.15) is 17.7 Å². The summed E-state index contributed by atoms with van der Waals surface area (Å²) < 4.78 is 57.5. The molecule has 1 aliphatic rings. The number of halogens is 1. The van der Waals surface area contributed by atoms with E-state index in [1.165, 1.54) is 24.5 Å². The second kappa shape index (κ2) is 8.80. The van der Waals surface area contributed by atoms with Crippen LogP contribution in [0.2, 0.25) is 0 Å². The molecule has 0 spiro atoms. The summed E-state index contributed by atoms with van der Waals surface area (Å²) in [7, 11) is -4.03. The van der Waals surface area contributed by atoms with E-state index in [0.29, 0.717) is 6.42 Å². The van der Waals surface area contributed by atoms with E-state index in [0.717, 1.165) is 29.8 Å². The number of fused-ring (bicyclic) bond motifs is 1. The molecule has 1 unspecified atom stereocenters. The minimum absolute atomic E-state index is 0.0501. The van der Waals surface area contributed by atoms with Crippen molar-refractivity contribution in [2.45, 2.75) is 17.6 Å². The van der Waals surface area contributed by atoms with Gasteiger partial charge in [0.25, 0.3) is 10.0 Å². The lowest BCUT2D eigenvalue weighted by molar-refractivity contribution is -0.0145. The molecule has 0 saturated heterocycles. The molecular weight excluding hydrogens is 477 g/mol. The van der Waals surface area contributed by atoms with E-state index >= 15 is 0 Å². The van der Waals surface area contributed by atoms with Gasteiger partial charge in [0.2, 0.25) is 29.0 Å². The van der Waals surface area contributed by atoms with Crippen molar-refractivity contribution < 1.29 is 31.8 Å². The predicted octanol–water partition coefficient (Wildman–Crippen LogP) is 4.35. The molecule has 1 atom stereocenters. The molecule has 0 aliphatic carbocycles. The second-order valence-corrected chi connectivity index (χ2v) is 9.42. The normalized spacial score (nSPS) is 15.3. The zero-order valence-electron chi connectivity index (χ0n) is 18.0. The fraction of sp³-hybridized carbons (Fsp3) is 0.0800. The fourth-order valence-corrected chi connectivity index (χ4v) is 4.63. The summed E-state index contributed by atoms with van der Waals surface area (Å²) in [6.07, 6.45) is 1.05. The molecule has 1 aliphatic heterocycles. The summed E-state index contributed by atoms with van der Waals surface area (Å²) in [5.41, 5.74) is 0.361. The zero-order valence-corrected chi connectivity index (χ0v) is 18.8. The molecule has 4 aromatic rings. The lowest BCUT2D eigenvalue weighted by atomic mass is 10.1. The maximum atomic E-state index is 13.1. The first-order valence-corrected chi connectivity index (χ1v) is 11.9. The molecule has 0 saturated carbocycles. The van der Waals surface area contributed by atoms with Gasteiger partial charge in [-0.05, 0) is 48.0 Å². The van der Waals surface area contributed by atoms with Crippen molar-refractivity contribution in [2.75, 3.05) is 4.72 Å². The van der Waals surface area contributed by atoms with Gasteiger partial charge < -0.3 is 19.0 Å². The molecular formula is C25H18FNO7S. The number of hydrogen-bond acceptors (Lipinski definition) is 7. The van der Waals surface area contributed by atoms with Crippen LogP contribution in [0.4, 0.5) is 10.1 Å². The first-order chi connectivity index (χ1) is 16.8. The zero-order chi connectivity index (χ0) is 24.6. The topological polar surface area (TPSA) is 115 Å². The van der Waals surface area contributed by atoms with E-state index in [1.807, 2.05) is 30.3 Å². The van der Waals surface area contributed by atoms with Gasteiger partial charge >= 0.3 is 0 Å². The molecule has 3 aromatic carbocycles. The molecule has 10 heteroatoms. The minimum atomic E-state index is -4.03. The number of nitrogens with one attached hydrogen (secondary N) is 1. The van der Waals surface area contributed by atoms with Crippen molar-refractivity contribution in [3.63, 3.8) is 0 Å². The highest BCUT2D eigenvalue weighted by molar-refractivity contribution is 7.92. The predicted molar refractivity (Wildman–Crippen MR) is 125 cm³/mol. The second-order valence-electron chi connectivity index (χ2n) is 7.73. The van der Waals surface area contributed by atoms with Gasteiger partial charge in [0.05, 0.1) is 10.3 Å². The Balaban J connectivity index is 1.40. The molecule has 1 aromatic heterocycles. The highest BCUT2D eigenvalue weighted by Gasteiger charge is 2.27. The number of sulfonamides is 1. The van der Waals surface area contributed by atoms with Gasteiger partial charge in [-0.25, -0.2) is 12.8 Å². The van der Waals surface area contributed by atoms with Crippen molar-refractivity contribution in [2.24, 2.45) is 0 Å². The van der Waals surface area contributed by atoms with E-state index in [1.54, 1.807) is 0 Å². The maximum Gasteiger partial charge on any atom is 0.261 e. The van der Waals surface area contributed by atoms with Crippen molar-refractivity contribution in [3.8, 4) is 5.75 Å². The largest absolute Gasteiger partial charge is 0.501 e. The molecule has 178 valence electrons. The Morgan fingerprint density at radius 3 is 2.49 bits per heavy atom. The third-order valence-electron chi connectivity index (χ3n) is 5.30. The summed E-state index contributed by atoms with van der Waals surface area (Å²) in [6.45, 7) is 0. The van der Waals surface area contributed by atoms with Crippen LogP contribution >= 0.6 is 0 Å². The van der Waals surface area contributed by atoms with E-state index in [9.17, 15) is 22.7 Å². The number of aromatic hydroxyl groups is 1. The summed E-state index contributed by atoms with van der Waals surface area (Å²) in [6, 6.07) is 17.8. The van der Waals surface area contributed by atoms with Gasteiger partial charge in [-0.15, -0.1) is 0 Å². The minimum Gasteiger partial charge on any atom is -0.501 e. The van der Waals surface area contributed by atoms with Gasteiger partial charge in [0, 0.05) is 12.1 Å². The first-order valence-electron chi connectivity index (χ1n) is 10.4. The Bertz CT molecular complexity index is 1600. The standard InChI is InChI=1S/C25H18FNO7S/c26-16-6-9-18(10-7-16)35(30,31)27-17-8-11-20-19(13-17)23(28)24(29)25(34-20)21-14-32-22(33-21)12-15-4-2-1-3-5-15/h1-11,13-14,22,27,29H,12H2. The number of anilines is 1. The van der Waals surface area contributed by atoms with Gasteiger partial charge in [-0.2, -0.15) is 0 Å². The Kier molecular flexibility index (Phi) is 5.65. The molecule has 2 N–H and O–H groups in total. The molecule has 5 rings (SSSR count). The van der Waals surface area contributed by atoms with Crippen LogP contribution in [0.1, 0.15) is 11.3 Å². The summed E-state index contributed by atoms with van der Waals surface area (Å²) in [5.74, 6) is -1.41. The van der Waals surface area contributed by atoms with E-state index in [2.05, 4.69) is 4.72 Å². The van der Waals surface area contributed by atoms with E-state index in [-0.39, 0.29) is 33.1 Å². The van der Waals surface area contributed by atoms with Crippen LogP contribution in [-0.2, 0) is 25.9 Å². The van der Waals surface area contributed by atoms with Crippen LogP contribution in [0.25, 0.3) is 16.7 Å². The van der Waals surface area contributed by atoms with Crippen LogP contribution < -0.4 is 10.2 Å². The van der Waals surface area contributed by atoms with Gasteiger partial charge in [-0.1, -0.05) is 30.3 Å². The van der Waals surface area contributed by atoms with Crippen molar-refractivity contribution in [1.29, 1.82) is 0 Å². The molecule has 35 heavy (non-hydrogen) atoms. The molecule has 0 fully saturated rings. The van der Waals surface area contributed by atoms with Crippen LogP contribution in [0.3, 0.4) is 0 Å². The van der Waals surface area contributed by atoms with Crippen LogP contribution in [0.15, 0.2) is 93.2 Å². The number of rotatable bonds is 6. The van der Waals surface area contributed by atoms with Crippen molar-refractivity contribution >= 4 is 32.4 Å². The highest BCUT2D eigenvalue weighted by atomic mass is 32.2. The molecule has 0 bridgehead atoms. The highest BCUT2D eigenvalue weighted by Crippen LogP contribution is 2.33. The number of benzene rings is 3. The van der Waals surface area contributed by atoms with Crippen molar-refractivity contribution in [3.05, 3.63) is 106 Å². The molecule has 0 amide bonds. The first kappa shape index (κ1) is 22.5. The molecule has 0 radical (unpaired) electrons. The monoisotopic (exact) mass is 495 g/mol. The Labute approximate surface area is 198 Å². The molecule has 8 nitrogen and oxygen atoms in total. The van der Waals surface area contributed by atoms with Gasteiger partial charge in [-0.3, -0.25) is 9.52 Å². The third kappa shape index (κ3) is 4.56. The third-order valence-corrected chi connectivity index (χ3v) is 6.69. The van der Waals surface area contributed by atoms with E-state index < -0.39 is 33.3 Å². The van der Waals surface area contributed by atoms with Crippen LogP contribution in [0, 0.1) is 5.82 Å². The number of hydrogen-bond donors (Lipinski definition) is 2. The Morgan fingerprint density at radius 2 is 1.74 bits per heavy atom. The fourth-order valence-electron chi connectivity index (χ4n) is 3.58. The average molecular weight is 495 g/mol. The smallest absolute Gasteiger partial charge is 0.261 e. The Hall–Kier alpha value is -4.31. The maximum absolute atomic E-state index is 13.1. The molecule has 2 heterocycles.